The van der Waals surface area contributed by atoms with Gasteiger partial charge in [0, 0.05) is 109 Å². The Morgan fingerprint density at radius 3 is 1.12 bits per heavy atom. The van der Waals surface area contributed by atoms with Crippen molar-refractivity contribution in [2.75, 3.05) is 98.4 Å². The van der Waals surface area contributed by atoms with Gasteiger partial charge in [-0.15, -0.1) is 0 Å². The van der Waals surface area contributed by atoms with E-state index in [1.165, 1.54) is 22.0 Å². The molecular weight excluding hydrogens is 1330 g/mol. The first-order valence-corrected chi connectivity index (χ1v) is 34.5. The molecule has 4 aliphatic heterocycles. The van der Waals surface area contributed by atoms with Crippen LogP contribution in [-0.4, -0.2) is 149 Å². The number of hydrogen-bond acceptors (Lipinski definition) is 18. The average molecular weight is 1410 g/mol. The second-order valence-electron chi connectivity index (χ2n) is 24.4. The summed E-state index contributed by atoms with van der Waals surface area (Å²) in [5.41, 5.74) is 7.34. The number of ether oxygens (including phenoxy) is 6. The number of halogens is 4. The number of benzene rings is 6. The van der Waals surface area contributed by atoms with Crippen LogP contribution in [0, 0.1) is 0 Å². The molecule has 24 nitrogen and oxygen atoms in total. The van der Waals surface area contributed by atoms with Crippen LogP contribution < -0.4 is 40.5 Å². The zero-order chi connectivity index (χ0) is 67.6. The molecule has 512 valence electrons. The Hall–Kier alpha value is -8.72. The number of rotatable bonds is 24. The molecule has 8 heterocycles. The molecule has 28 heteroatoms. The van der Waals surface area contributed by atoms with Crippen molar-refractivity contribution in [3.63, 3.8) is 0 Å². The van der Waals surface area contributed by atoms with Crippen LogP contribution in [0.1, 0.15) is 50.7 Å². The van der Waals surface area contributed by atoms with E-state index in [4.69, 9.17) is 74.8 Å². The molecule has 0 bridgehead atoms. The Morgan fingerprint density at radius 2 is 0.796 bits per heavy atom. The second kappa shape index (κ2) is 31.0. The molecule has 4 fully saturated rings. The fraction of sp³-hybridized carbons (Fsp3) is 0.371. The maximum absolute atomic E-state index is 12.7. The first-order chi connectivity index (χ1) is 47.8. The lowest BCUT2D eigenvalue weighted by Crippen LogP contribution is -2.46. The van der Waals surface area contributed by atoms with Crippen molar-refractivity contribution in [3.05, 3.63) is 224 Å². The first-order valence-electron chi connectivity index (χ1n) is 33.0. The number of piperazine rings is 2. The minimum Gasteiger partial charge on any atom is -0.491 e. The summed E-state index contributed by atoms with van der Waals surface area (Å²) in [7, 11) is 0. The Kier molecular flexibility index (Phi) is 21.5. The molecule has 6 aromatic carbocycles. The lowest BCUT2D eigenvalue weighted by molar-refractivity contribution is -0.191. The van der Waals surface area contributed by atoms with E-state index >= 15 is 0 Å². The summed E-state index contributed by atoms with van der Waals surface area (Å²) in [5, 5.41) is 18.9. The predicted octanol–water partition coefficient (Wildman–Crippen LogP) is 10.8. The van der Waals surface area contributed by atoms with Crippen LogP contribution in [0.4, 0.5) is 22.7 Å². The number of aromatic nitrogens is 12. The quantitative estimate of drug-likeness (QED) is 0.0551. The molecule has 14 rings (SSSR count). The molecule has 4 aliphatic rings. The van der Waals surface area contributed by atoms with E-state index in [2.05, 4.69) is 112 Å². The van der Waals surface area contributed by atoms with Crippen molar-refractivity contribution in [1.82, 2.24) is 58.2 Å². The fourth-order valence-electron chi connectivity index (χ4n) is 12.5. The summed E-state index contributed by atoms with van der Waals surface area (Å²) in [4.78, 5) is 43.0. The van der Waals surface area contributed by atoms with Gasteiger partial charge < -0.3 is 48.0 Å². The van der Waals surface area contributed by atoms with Crippen molar-refractivity contribution < 1.29 is 28.4 Å². The van der Waals surface area contributed by atoms with Crippen LogP contribution in [0.25, 0.3) is 11.4 Å². The van der Waals surface area contributed by atoms with Crippen molar-refractivity contribution in [2.45, 2.75) is 89.5 Å². The van der Waals surface area contributed by atoms with Crippen LogP contribution in [0.15, 0.2) is 181 Å². The molecule has 0 N–H and O–H groups in total. The smallest absolute Gasteiger partial charge is 0.350 e. The van der Waals surface area contributed by atoms with Crippen LogP contribution in [0.3, 0.4) is 0 Å². The van der Waals surface area contributed by atoms with Crippen molar-refractivity contribution in [2.24, 2.45) is 0 Å². The highest BCUT2D eigenvalue weighted by Crippen LogP contribution is 2.42. The topological polar surface area (TPSA) is 209 Å². The van der Waals surface area contributed by atoms with Gasteiger partial charge >= 0.3 is 11.4 Å². The standard InChI is InChI=1S/2C35H38Cl2N8O4/c2*1-2-3-14-45-34(46)44(25-40-45)29-7-5-27(6-8-29)41-15-17-42(18-16-41)28-9-11-30(12-10-28)47-20-31-21-48-35(49-31,22-43-24-38-23-39-43)32-13-4-26(36)19-33(32)37/h2*4-13,19,23-25,31H,2-3,14-18,20-22H2,1H3/t2*31-,35-/m10/s1. The molecule has 0 saturated carbocycles. The van der Waals surface area contributed by atoms with Crippen LogP contribution in [0.2, 0.25) is 20.1 Å². The van der Waals surface area contributed by atoms with Gasteiger partial charge in [0.05, 0.1) is 34.6 Å². The van der Waals surface area contributed by atoms with E-state index in [1.807, 2.05) is 60.7 Å². The van der Waals surface area contributed by atoms with E-state index in [-0.39, 0.29) is 36.7 Å². The normalized spacial score (nSPS) is 19.4. The summed E-state index contributed by atoms with van der Waals surface area (Å²) < 4.78 is 47.3. The summed E-state index contributed by atoms with van der Waals surface area (Å²) in [5.74, 6) is -0.817. The molecule has 4 saturated heterocycles. The van der Waals surface area contributed by atoms with Crippen molar-refractivity contribution in [3.8, 4) is 22.9 Å². The maximum atomic E-state index is 12.7. The zero-order valence-corrected chi connectivity index (χ0v) is 57.4. The van der Waals surface area contributed by atoms with Gasteiger partial charge in [0.25, 0.3) is 0 Å². The predicted molar refractivity (Wildman–Crippen MR) is 376 cm³/mol. The molecule has 10 aromatic rings. The average Bonchev–Trinajstić information content (AvgIpc) is 1.60. The van der Waals surface area contributed by atoms with Crippen LogP contribution in [-0.2, 0) is 56.7 Å². The van der Waals surface area contributed by atoms with E-state index in [9.17, 15) is 9.59 Å². The molecule has 0 amide bonds. The van der Waals surface area contributed by atoms with Gasteiger partial charge in [-0.3, -0.25) is 0 Å². The highest BCUT2D eigenvalue weighted by atomic mass is 35.5. The Morgan fingerprint density at radius 1 is 0.449 bits per heavy atom. The van der Waals surface area contributed by atoms with Gasteiger partial charge in [0.1, 0.15) is 88.0 Å². The van der Waals surface area contributed by atoms with E-state index < -0.39 is 11.6 Å². The van der Waals surface area contributed by atoms with E-state index in [0.717, 1.165) is 124 Å². The number of unbranched alkanes of at least 4 members (excludes halogenated alkanes) is 2. The molecular formula is C70H76Cl4N16O8. The van der Waals surface area contributed by atoms with Crippen molar-refractivity contribution >= 4 is 69.2 Å². The lowest BCUT2D eigenvalue weighted by atomic mass is 10.1. The first kappa shape index (κ1) is 67.8. The minimum absolute atomic E-state index is 0.104. The monoisotopic (exact) mass is 1410 g/mol. The van der Waals surface area contributed by atoms with Gasteiger partial charge in [-0.1, -0.05) is 85.2 Å². The number of nitrogens with zero attached hydrogens (tertiary/aromatic N) is 16. The zero-order valence-electron chi connectivity index (χ0n) is 54.4. The van der Waals surface area contributed by atoms with Gasteiger partial charge in [0.15, 0.2) is 0 Å². The highest BCUT2D eigenvalue weighted by Gasteiger charge is 2.47. The van der Waals surface area contributed by atoms with E-state index in [0.29, 0.717) is 70.7 Å². The molecule has 0 unspecified atom stereocenters. The van der Waals surface area contributed by atoms with Crippen LogP contribution >= 0.6 is 46.4 Å². The maximum Gasteiger partial charge on any atom is 0.350 e. The van der Waals surface area contributed by atoms with Gasteiger partial charge in [-0.2, -0.15) is 20.4 Å². The third-order valence-corrected chi connectivity index (χ3v) is 18.9. The number of aryl methyl sites for hydroxylation is 2. The Bertz CT molecular complexity index is 4060. The third kappa shape index (κ3) is 15.7. The fourth-order valence-corrected chi connectivity index (χ4v) is 13.6. The van der Waals surface area contributed by atoms with Crippen LogP contribution in [0.5, 0.6) is 11.5 Å². The second-order valence-corrected chi connectivity index (χ2v) is 26.0. The van der Waals surface area contributed by atoms with E-state index in [1.54, 1.807) is 68.1 Å². The molecule has 0 spiro atoms. The Labute approximate surface area is 586 Å². The van der Waals surface area contributed by atoms with Crippen molar-refractivity contribution in [1.29, 1.82) is 0 Å². The molecule has 4 atom stereocenters. The van der Waals surface area contributed by atoms with Gasteiger partial charge in [-0.25, -0.2) is 47.4 Å². The molecule has 0 aliphatic carbocycles. The largest absolute Gasteiger partial charge is 0.491 e. The number of anilines is 4. The molecule has 98 heavy (non-hydrogen) atoms. The summed E-state index contributed by atoms with van der Waals surface area (Å²) >= 11 is 25.5. The van der Waals surface area contributed by atoms with Gasteiger partial charge in [0.2, 0.25) is 11.6 Å². The number of hydrogen-bond donors (Lipinski definition) is 0. The summed E-state index contributed by atoms with van der Waals surface area (Å²) in [6.45, 7) is 14.4. The third-order valence-electron chi connectivity index (χ3n) is 17.8. The summed E-state index contributed by atoms with van der Waals surface area (Å²) in [6.07, 6.45) is 12.6. The SMILES string of the molecule is CCCCn1ncn(-c2ccc(N3CCN(c4ccc(OC[C@@H]5CO[C@@](Cn6cncn6)(c6ccc(Cl)cc6Cl)O5)cc4)CC3)cc2)c1=O.CCCCn1ncn(-c2ccc(N3CCN(c4ccc(OC[C@H]5CO[C@](Cn6cncn6)(c6ccc(Cl)cc6Cl)O5)cc4)CC3)cc2)c1=O. The minimum atomic E-state index is -1.16. The Balaban J connectivity index is 0.000000176. The lowest BCUT2D eigenvalue weighted by Gasteiger charge is -2.37. The van der Waals surface area contributed by atoms with Gasteiger partial charge in [-0.05, 0) is 134 Å². The summed E-state index contributed by atoms with van der Waals surface area (Å²) in [6, 6.07) is 43.1. The highest BCUT2D eigenvalue weighted by molar-refractivity contribution is 6.35. The molecule has 4 aromatic heterocycles. The molecule has 0 radical (unpaired) electrons.